The van der Waals surface area contributed by atoms with Gasteiger partial charge in [-0.2, -0.15) is 0 Å². The van der Waals surface area contributed by atoms with Crippen molar-refractivity contribution in [2.75, 3.05) is 25.0 Å². The lowest BCUT2D eigenvalue weighted by Gasteiger charge is -2.53. The van der Waals surface area contributed by atoms with Crippen molar-refractivity contribution in [3.05, 3.63) is 52.7 Å². The molecule has 3 aliphatic heterocycles. The molecule has 1 aromatic rings. The van der Waals surface area contributed by atoms with Gasteiger partial charge in [0.1, 0.15) is 18.9 Å². The summed E-state index contributed by atoms with van der Waals surface area (Å²) in [5, 5.41) is 3.70. The van der Waals surface area contributed by atoms with Gasteiger partial charge < -0.3 is 9.80 Å². The van der Waals surface area contributed by atoms with Gasteiger partial charge in [0.25, 0.3) is 0 Å². The van der Waals surface area contributed by atoms with Crippen molar-refractivity contribution in [2.24, 2.45) is 5.92 Å². The number of hydrogen-bond donors (Lipinski definition) is 1. The molecule has 1 spiro atoms. The van der Waals surface area contributed by atoms with Gasteiger partial charge in [-0.1, -0.05) is 31.2 Å². The first-order valence-electron chi connectivity index (χ1n) is 9.77. The van der Waals surface area contributed by atoms with Crippen LogP contribution in [0.15, 0.2) is 47.2 Å². The van der Waals surface area contributed by atoms with Crippen LogP contribution < -0.4 is 5.32 Å². The molecule has 2 fully saturated rings. The number of fused-ring (bicyclic) bond motifs is 2. The summed E-state index contributed by atoms with van der Waals surface area (Å²) in [6.45, 7) is 8.08. The van der Waals surface area contributed by atoms with E-state index in [1.165, 1.54) is 46.5 Å². The molecule has 2 bridgehead atoms. The molecule has 0 radical (unpaired) electrons. The molecule has 3 heteroatoms. The zero-order valence-corrected chi connectivity index (χ0v) is 15.2. The summed E-state index contributed by atoms with van der Waals surface area (Å²) in [6, 6.07) is 9.36. The van der Waals surface area contributed by atoms with Crippen molar-refractivity contribution in [3.8, 4) is 0 Å². The molecule has 4 unspecified atom stereocenters. The molecule has 5 rings (SSSR count). The predicted octanol–water partition coefficient (Wildman–Crippen LogP) is 3.78. The number of piperidine rings is 1. The number of rotatable bonds is 3. The van der Waals surface area contributed by atoms with Gasteiger partial charge in [-0.25, -0.2) is 0 Å². The second kappa shape index (κ2) is 5.07. The fourth-order valence-corrected chi connectivity index (χ4v) is 6.68. The minimum absolute atomic E-state index is 0.0395. The number of nitrogens with one attached hydrogen (secondary N) is 1. The van der Waals surface area contributed by atoms with Gasteiger partial charge in [0, 0.05) is 35.7 Å². The number of carbonyl (C=O) groups excluding carboxylic acids is 1. The normalized spacial score (nSPS) is 39.2. The van der Waals surface area contributed by atoms with Gasteiger partial charge in [0.05, 0.1) is 18.5 Å². The Bertz CT molecular complexity index is 823. The van der Waals surface area contributed by atoms with E-state index in [4.69, 9.17) is 0 Å². The van der Waals surface area contributed by atoms with Gasteiger partial charge in [-0.3, -0.25) is 4.79 Å². The van der Waals surface area contributed by atoms with E-state index in [0.717, 1.165) is 31.2 Å². The third-order valence-corrected chi connectivity index (χ3v) is 7.53. The average Bonchev–Trinajstić information content (AvgIpc) is 3.16. The first-order valence-corrected chi connectivity index (χ1v) is 9.77. The molecule has 1 N–H and O–H groups in total. The van der Waals surface area contributed by atoms with Crippen LogP contribution in [0, 0.1) is 5.92 Å². The summed E-state index contributed by atoms with van der Waals surface area (Å²) in [6.07, 6.45) is 6.96. The molecule has 1 aromatic carbocycles. The third-order valence-electron chi connectivity index (χ3n) is 7.53. The van der Waals surface area contributed by atoms with Gasteiger partial charge in [-0.15, -0.1) is 0 Å². The van der Waals surface area contributed by atoms with Crippen molar-refractivity contribution in [2.45, 2.75) is 44.6 Å². The van der Waals surface area contributed by atoms with Crippen molar-refractivity contribution in [1.82, 2.24) is 0 Å². The van der Waals surface area contributed by atoms with E-state index >= 15 is 0 Å². The zero-order chi connectivity index (χ0) is 17.2. The molecule has 4 atom stereocenters. The number of para-hydroxylation sites is 1. The Hall–Kier alpha value is -1.87. The van der Waals surface area contributed by atoms with Crippen molar-refractivity contribution in [1.29, 1.82) is 0 Å². The number of allylic oxidation sites excluding steroid dienone is 2. The van der Waals surface area contributed by atoms with Gasteiger partial charge >= 0.3 is 0 Å². The minimum Gasteiger partial charge on any atom is -0.357 e. The van der Waals surface area contributed by atoms with Crippen LogP contribution in [0.4, 0.5) is 5.69 Å². The Kier molecular flexibility index (Phi) is 3.12. The van der Waals surface area contributed by atoms with Crippen molar-refractivity contribution < 1.29 is 9.28 Å². The van der Waals surface area contributed by atoms with Gasteiger partial charge in [0.2, 0.25) is 0 Å². The number of carbonyl (C=O) groups is 1. The van der Waals surface area contributed by atoms with E-state index in [1.54, 1.807) is 0 Å². The van der Waals surface area contributed by atoms with Gasteiger partial charge in [-0.05, 0) is 30.5 Å². The summed E-state index contributed by atoms with van der Waals surface area (Å²) in [4.78, 5) is 12.2. The minimum atomic E-state index is 0.0395. The van der Waals surface area contributed by atoms with Crippen molar-refractivity contribution >= 4 is 12.0 Å². The first-order chi connectivity index (χ1) is 12.2. The first kappa shape index (κ1) is 15.4. The second-order valence-electron chi connectivity index (χ2n) is 8.33. The summed E-state index contributed by atoms with van der Waals surface area (Å²) in [5.74, 6) is 0.318. The highest BCUT2D eigenvalue weighted by Gasteiger charge is 2.68. The molecule has 0 aromatic heterocycles. The fourth-order valence-electron chi connectivity index (χ4n) is 6.68. The third kappa shape index (κ3) is 1.68. The summed E-state index contributed by atoms with van der Waals surface area (Å²) in [7, 11) is 0. The SMILES string of the molecule is C/C=C1/C[N+]2(CCC)CCC34C(=C(C=O)C1CC32)Nc1ccccc14. The maximum Gasteiger partial charge on any atom is 0.148 e. The Morgan fingerprint density at radius 3 is 2.96 bits per heavy atom. The summed E-state index contributed by atoms with van der Waals surface area (Å²) in [5.41, 5.74) is 6.44. The van der Waals surface area contributed by atoms with Crippen LogP contribution in [0.2, 0.25) is 0 Å². The van der Waals surface area contributed by atoms with Crippen LogP contribution >= 0.6 is 0 Å². The maximum absolute atomic E-state index is 12.2. The van der Waals surface area contributed by atoms with E-state index in [-0.39, 0.29) is 5.41 Å². The number of anilines is 1. The van der Waals surface area contributed by atoms with E-state index in [0.29, 0.717) is 12.0 Å². The molecule has 2 saturated heterocycles. The number of benzene rings is 1. The molecule has 25 heavy (non-hydrogen) atoms. The molecule has 3 heterocycles. The van der Waals surface area contributed by atoms with E-state index in [1.807, 2.05) is 0 Å². The fraction of sp³-hybridized carbons (Fsp3) is 0.500. The predicted molar refractivity (Wildman–Crippen MR) is 100 cm³/mol. The van der Waals surface area contributed by atoms with Crippen LogP contribution in [0.5, 0.6) is 0 Å². The van der Waals surface area contributed by atoms with Crippen LogP contribution in [0.25, 0.3) is 0 Å². The number of hydrogen-bond acceptors (Lipinski definition) is 2. The largest absolute Gasteiger partial charge is 0.357 e. The zero-order valence-electron chi connectivity index (χ0n) is 15.2. The Morgan fingerprint density at radius 2 is 2.20 bits per heavy atom. The van der Waals surface area contributed by atoms with Crippen LogP contribution in [0.1, 0.15) is 38.7 Å². The quantitative estimate of drug-likeness (QED) is 0.517. The smallest absolute Gasteiger partial charge is 0.148 e. The average molecular weight is 335 g/mol. The molecule has 130 valence electrons. The highest BCUT2D eigenvalue weighted by molar-refractivity contribution is 5.84. The molecule has 1 aliphatic carbocycles. The summed E-state index contributed by atoms with van der Waals surface area (Å²) >= 11 is 0. The Balaban J connectivity index is 1.81. The monoisotopic (exact) mass is 335 g/mol. The van der Waals surface area contributed by atoms with Crippen LogP contribution in [-0.4, -0.2) is 36.4 Å². The van der Waals surface area contributed by atoms with E-state index in [2.05, 4.69) is 49.5 Å². The summed E-state index contributed by atoms with van der Waals surface area (Å²) < 4.78 is 1.22. The highest BCUT2D eigenvalue weighted by atomic mass is 16.1. The molecule has 0 saturated carbocycles. The van der Waals surface area contributed by atoms with Crippen molar-refractivity contribution in [3.63, 3.8) is 0 Å². The molecule has 3 nitrogen and oxygen atoms in total. The molecular formula is C22H27N2O+. The Labute approximate surface area is 150 Å². The van der Waals surface area contributed by atoms with Gasteiger partial charge in [0.15, 0.2) is 0 Å². The van der Waals surface area contributed by atoms with E-state index < -0.39 is 0 Å². The number of aldehydes is 1. The van der Waals surface area contributed by atoms with Crippen LogP contribution in [0.3, 0.4) is 0 Å². The number of quaternary nitrogens is 1. The Morgan fingerprint density at radius 1 is 1.36 bits per heavy atom. The van der Waals surface area contributed by atoms with Crippen LogP contribution in [-0.2, 0) is 10.2 Å². The molecular weight excluding hydrogens is 308 g/mol. The second-order valence-corrected chi connectivity index (χ2v) is 8.33. The highest BCUT2D eigenvalue weighted by Crippen LogP contribution is 2.63. The molecule has 0 amide bonds. The topological polar surface area (TPSA) is 29.1 Å². The standard InChI is InChI=1S/C22H26N2O/c1-3-10-24-11-9-22-18-7-5-6-8-19(18)23-21(22)17(14-25)16(12-20(22)24)15(4-2)13-24/h4-8,14,16,20H,3,9-13H2,1-2H3/p+1/b15-4-. The lowest BCUT2D eigenvalue weighted by molar-refractivity contribution is -0.941. The number of nitrogens with zero attached hydrogens (tertiary/aromatic N) is 1. The van der Waals surface area contributed by atoms with E-state index in [9.17, 15) is 4.79 Å². The lowest BCUT2D eigenvalue weighted by atomic mass is 9.61. The maximum atomic E-state index is 12.2. The molecule has 4 aliphatic rings. The lowest BCUT2D eigenvalue weighted by Crippen LogP contribution is -2.63.